The highest BCUT2D eigenvalue weighted by atomic mass is 28.4. The first-order valence-electron chi connectivity index (χ1n) is 18.0. The Balaban J connectivity index is 1.40. The number of ether oxygens (including phenoxy) is 2. The zero-order valence-electron chi connectivity index (χ0n) is 29.9. The highest BCUT2D eigenvalue weighted by Crippen LogP contribution is 2.60. The number of carbonyl (C=O) groups is 3. The minimum Gasteiger partial charge on any atom is -0.494 e. The molecule has 4 N–H and O–H groups in total. The van der Waals surface area contributed by atoms with E-state index in [1.807, 2.05) is 63.3 Å². The molecule has 0 aliphatic carbocycles. The van der Waals surface area contributed by atoms with Crippen molar-refractivity contribution in [3.05, 3.63) is 47.5 Å². The van der Waals surface area contributed by atoms with Crippen LogP contribution in [0.5, 0.6) is 5.75 Å². The molecule has 272 valence electrons. The summed E-state index contributed by atoms with van der Waals surface area (Å²) in [6.07, 6.45) is 2.68. The number of hydrogen-bond acceptors (Lipinski definition) is 9. The second kappa shape index (κ2) is 14.4. The van der Waals surface area contributed by atoms with Gasteiger partial charge in [0.15, 0.2) is 13.9 Å². The monoisotopic (exact) mass is 708 g/mol. The number of benzene rings is 2. The summed E-state index contributed by atoms with van der Waals surface area (Å²) in [6, 6.07) is 10.5. The van der Waals surface area contributed by atoms with E-state index in [1.54, 1.807) is 21.7 Å². The molecule has 50 heavy (non-hydrogen) atoms. The summed E-state index contributed by atoms with van der Waals surface area (Å²) < 4.78 is 12.7. The van der Waals surface area contributed by atoms with Crippen molar-refractivity contribution in [3.63, 3.8) is 0 Å². The van der Waals surface area contributed by atoms with Gasteiger partial charge in [0.1, 0.15) is 5.75 Å². The van der Waals surface area contributed by atoms with Crippen molar-refractivity contribution in [1.82, 2.24) is 10.2 Å². The maximum Gasteiger partial charge on any atom is 0.264 e. The third-order valence-corrected chi connectivity index (χ3v) is 13.7. The molecule has 12 nitrogen and oxygen atoms in total. The normalized spacial score (nSPS) is 27.8. The van der Waals surface area contributed by atoms with Gasteiger partial charge >= 0.3 is 0 Å². The lowest BCUT2D eigenvalue weighted by molar-refractivity contribution is -0.149. The van der Waals surface area contributed by atoms with Gasteiger partial charge in [-0.25, -0.2) is 0 Å². The topological polar surface area (TPSA) is 152 Å². The molecular formula is C37H52N4O8Si. The highest BCUT2D eigenvalue weighted by molar-refractivity contribution is 6.71. The van der Waals surface area contributed by atoms with E-state index >= 15 is 0 Å². The average molecular weight is 709 g/mol. The minimum absolute atomic E-state index is 0.0000459. The largest absolute Gasteiger partial charge is 0.494 e. The number of likely N-dealkylation sites (tertiary alicyclic amines) is 1. The van der Waals surface area contributed by atoms with Gasteiger partial charge in [0, 0.05) is 42.9 Å². The second-order valence-electron chi connectivity index (χ2n) is 14.7. The fraction of sp³-hybridized carbons (Fsp3) is 0.595. The van der Waals surface area contributed by atoms with Crippen LogP contribution >= 0.6 is 0 Å². The molecule has 2 aromatic rings. The Labute approximate surface area is 295 Å². The quantitative estimate of drug-likeness (QED) is 0.193. The lowest BCUT2D eigenvalue weighted by Gasteiger charge is -2.36. The molecule has 4 heterocycles. The zero-order chi connectivity index (χ0) is 36.0. The molecule has 13 heteroatoms. The predicted octanol–water partition coefficient (Wildman–Crippen LogP) is 3.18. The fourth-order valence-corrected chi connectivity index (χ4v) is 11.4. The zero-order valence-corrected chi connectivity index (χ0v) is 30.9. The molecule has 3 amide bonds. The van der Waals surface area contributed by atoms with Gasteiger partial charge in [-0.3, -0.25) is 19.3 Å². The van der Waals surface area contributed by atoms with E-state index in [9.17, 15) is 29.4 Å². The summed E-state index contributed by atoms with van der Waals surface area (Å²) in [5.41, 5.74) is 1.62. The van der Waals surface area contributed by atoms with Gasteiger partial charge in [-0.1, -0.05) is 6.92 Å². The number of likely N-dealkylation sites (N-methyl/N-ethyl adjacent to an activating group) is 1. The van der Waals surface area contributed by atoms with E-state index in [-0.39, 0.29) is 43.4 Å². The van der Waals surface area contributed by atoms with Gasteiger partial charge in [0.2, 0.25) is 11.8 Å². The van der Waals surface area contributed by atoms with Crippen LogP contribution in [0.3, 0.4) is 0 Å². The van der Waals surface area contributed by atoms with Gasteiger partial charge < -0.3 is 39.6 Å². The first-order chi connectivity index (χ1) is 23.9. The number of nitrogens with one attached hydrogen (secondary N) is 1. The number of aliphatic hydroxyl groups is 2. The number of fused-ring (bicyclic) bond motifs is 3. The minimum atomic E-state index is -3.01. The van der Waals surface area contributed by atoms with E-state index in [1.165, 1.54) is 0 Å². The summed E-state index contributed by atoms with van der Waals surface area (Å²) >= 11 is 0. The summed E-state index contributed by atoms with van der Waals surface area (Å²) in [4.78, 5) is 59.0. The summed E-state index contributed by atoms with van der Waals surface area (Å²) in [5, 5.41) is 22.6. The second-order valence-corrected chi connectivity index (χ2v) is 18.7. The van der Waals surface area contributed by atoms with Crippen LogP contribution in [0.1, 0.15) is 57.1 Å². The van der Waals surface area contributed by atoms with Crippen LogP contribution in [-0.2, 0) is 31.1 Å². The lowest BCUT2D eigenvalue weighted by atomic mass is 9.82. The van der Waals surface area contributed by atoms with Gasteiger partial charge in [0.25, 0.3) is 5.91 Å². The molecule has 6 rings (SSSR count). The van der Waals surface area contributed by atoms with E-state index in [2.05, 4.69) is 5.32 Å². The van der Waals surface area contributed by atoms with Crippen molar-refractivity contribution in [1.29, 1.82) is 0 Å². The van der Waals surface area contributed by atoms with E-state index in [0.29, 0.717) is 49.5 Å². The van der Waals surface area contributed by atoms with Crippen molar-refractivity contribution in [2.45, 2.75) is 94.8 Å². The third-order valence-electron chi connectivity index (χ3n) is 11.2. The van der Waals surface area contributed by atoms with Gasteiger partial charge in [-0.15, -0.1) is 0 Å². The lowest BCUT2D eigenvalue weighted by Crippen LogP contribution is -2.49. The van der Waals surface area contributed by atoms with Crippen LogP contribution in [0.4, 0.5) is 17.1 Å². The number of aliphatic hydroxyl groups excluding tert-OH is 2. The van der Waals surface area contributed by atoms with Crippen LogP contribution < -0.4 is 19.9 Å². The van der Waals surface area contributed by atoms with E-state index in [0.717, 1.165) is 36.3 Å². The van der Waals surface area contributed by atoms with E-state index < -0.39 is 37.5 Å². The van der Waals surface area contributed by atoms with Crippen LogP contribution in [0.2, 0.25) is 18.6 Å². The molecule has 0 radical (unpaired) electrons. The Hall–Kier alpha value is -3.33. The van der Waals surface area contributed by atoms with Crippen molar-refractivity contribution >= 4 is 43.1 Å². The number of anilines is 3. The maximum atomic E-state index is 14.4. The number of amides is 3. The first-order valence-corrected chi connectivity index (χ1v) is 21.1. The van der Waals surface area contributed by atoms with Gasteiger partial charge in [-0.2, -0.15) is 0 Å². The Kier molecular flexibility index (Phi) is 10.5. The van der Waals surface area contributed by atoms with Crippen LogP contribution in [0.25, 0.3) is 0 Å². The molecule has 0 aromatic heterocycles. The highest BCUT2D eigenvalue weighted by Gasteiger charge is 2.66. The molecular weight excluding hydrogens is 657 g/mol. The number of unbranched alkanes of at least 4 members (excludes halogenated alkanes) is 1. The molecule has 2 aromatic carbocycles. The van der Waals surface area contributed by atoms with Crippen LogP contribution in [-0.4, -0.2) is 104 Å². The Morgan fingerprint density at radius 3 is 2.58 bits per heavy atom. The Bertz CT molecular complexity index is 1620. The van der Waals surface area contributed by atoms with Crippen molar-refractivity contribution in [2.75, 3.05) is 49.8 Å². The van der Waals surface area contributed by atoms with Crippen LogP contribution in [0, 0.1) is 5.92 Å². The first kappa shape index (κ1) is 36.5. The van der Waals surface area contributed by atoms with Crippen molar-refractivity contribution in [2.24, 2.45) is 5.92 Å². The molecule has 4 aliphatic heterocycles. The molecule has 6 atom stereocenters. The number of carbonyl (C=O) groups excluding carboxylic acids is 3. The van der Waals surface area contributed by atoms with E-state index in [4.69, 9.17) is 9.47 Å². The van der Waals surface area contributed by atoms with Crippen molar-refractivity contribution in [3.8, 4) is 5.75 Å². The standard InChI is InChI=1S/C37H52N4O8Si/c1-6-48-27-12-14-30-24(18-27)19-29(38-15-7-8-17-42)35(45)41(30)25-11-13-31-28(20-25)37(36(46)39(31)3)23(2)34(50(4,5)47)32(49-37)21-33(44)40-16-9-10-26(40)22-43/h11-14,18,20,23,26,29,32,34,38,42-43,47H,6-10,15-17,19,21-22H2,1-5H3/t23-,26-,29?,32+,34-,37+/m0/s1. The summed E-state index contributed by atoms with van der Waals surface area (Å²) in [7, 11) is -1.30. The number of rotatable bonds is 12. The molecule has 4 aliphatic rings. The maximum absolute atomic E-state index is 14.4. The predicted molar refractivity (Wildman–Crippen MR) is 192 cm³/mol. The Morgan fingerprint density at radius 1 is 1.12 bits per heavy atom. The van der Waals surface area contributed by atoms with Crippen molar-refractivity contribution < 1.29 is 38.9 Å². The summed E-state index contributed by atoms with van der Waals surface area (Å²) in [5.74, 6) is -0.294. The molecule has 0 saturated carbocycles. The molecule has 2 fully saturated rings. The van der Waals surface area contributed by atoms with Gasteiger partial charge in [0.05, 0.1) is 49.2 Å². The molecule has 1 spiro atoms. The smallest absolute Gasteiger partial charge is 0.264 e. The number of hydrogen-bond donors (Lipinski definition) is 4. The molecule has 1 unspecified atom stereocenters. The van der Waals surface area contributed by atoms with Crippen LogP contribution in [0.15, 0.2) is 36.4 Å². The van der Waals surface area contributed by atoms with Gasteiger partial charge in [-0.05, 0) is 101 Å². The Morgan fingerprint density at radius 2 is 1.88 bits per heavy atom. The third kappa shape index (κ3) is 6.26. The average Bonchev–Trinajstić information content (AvgIpc) is 3.74. The molecule has 2 saturated heterocycles. The fourth-order valence-electron chi connectivity index (χ4n) is 8.87. The number of nitrogens with zero attached hydrogens (tertiary/aromatic N) is 3. The summed E-state index contributed by atoms with van der Waals surface area (Å²) in [6.45, 7) is 9.14. The SMILES string of the molecule is CCOc1ccc2c(c1)CC(NCCCCO)C(=O)N2c1ccc2c(c1)[C@@]1(O[C@H](CC(=O)N3CCC[C@H]3CO)[C@@H]([Si](C)(C)O)[C@@H]1C)C(=O)N2C. The molecule has 0 bridgehead atoms.